The SMILES string of the molecule is COc1ccc(/C=C/C(=O)/C=C2\N(C)c3ccccc3C2(C)C)cc1OC. The molecule has 2 aromatic carbocycles. The Morgan fingerprint density at radius 1 is 1.04 bits per heavy atom. The first-order chi connectivity index (χ1) is 12.9. The summed E-state index contributed by atoms with van der Waals surface area (Å²) in [5.74, 6) is 1.25. The van der Waals surface area contributed by atoms with Crippen molar-refractivity contribution in [2.24, 2.45) is 0 Å². The van der Waals surface area contributed by atoms with Crippen molar-refractivity contribution in [1.29, 1.82) is 0 Å². The van der Waals surface area contributed by atoms with E-state index < -0.39 is 0 Å². The zero-order valence-electron chi connectivity index (χ0n) is 16.4. The minimum atomic E-state index is -0.210. The Morgan fingerprint density at radius 2 is 1.74 bits per heavy atom. The summed E-state index contributed by atoms with van der Waals surface area (Å²) in [6, 6.07) is 13.8. The fourth-order valence-electron chi connectivity index (χ4n) is 3.58. The topological polar surface area (TPSA) is 38.8 Å². The van der Waals surface area contributed by atoms with Gasteiger partial charge in [0.2, 0.25) is 0 Å². The van der Waals surface area contributed by atoms with Crippen LogP contribution in [0.15, 0.2) is 60.3 Å². The van der Waals surface area contributed by atoms with E-state index in [9.17, 15) is 4.79 Å². The van der Waals surface area contributed by atoms with Crippen LogP contribution in [0.5, 0.6) is 11.5 Å². The molecular formula is C23H25NO3. The van der Waals surface area contributed by atoms with Gasteiger partial charge in [-0.05, 0) is 35.4 Å². The van der Waals surface area contributed by atoms with Gasteiger partial charge in [0.1, 0.15) is 0 Å². The molecule has 0 bridgehead atoms. The summed E-state index contributed by atoms with van der Waals surface area (Å²) < 4.78 is 10.5. The van der Waals surface area contributed by atoms with Crippen LogP contribution in [0.25, 0.3) is 6.08 Å². The van der Waals surface area contributed by atoms with Crippen molar-refractivity contribution in [3.8, 4) is 11.5 Å². The maximum atomic E-state index is 12.6. The number of benzene rings is 2. The molecule has 140 valence electrons. The first-order valence-electron chi connectivity index (χ1n) is 8.88. The van der Waals surface area contributed by atoms with Gasteiger partial charge >= 0.3 is 0 Å². The van der Waals surface area contributed by atoms with Crippen molar-refractivity contribution in [2.45, 2.75) is 19.3 Å². The van der Waals surface area contributed by atoms with Gasteiger partial charge in [0.05, 0.1) is 14.2 Å². The van der Waals surface area contributed by atoms with Crippen molar-refractivity contribution in [1.82, 2.24) is 0 Å². The van der Waals surface area contributed by atoms with Crippen molar-refractivity contribution >= 4 is 17.5 Å². The van der Waals surface area contributed by atoms with Crippen LogP contribution in [-0.4, -0.2) is 27.1 Å². The molecule has 0 saturated heterocycles. The first-order valence-corrected chi connectivity index (χ1v) is 8.88. The number of rotatable bonds is 5. The summed E-state index contributed by atoms with van der Waals surface area (Å²) in [6.07, 6.45) is 5.09. The number of ether oxygens (including phenoxy) is 2. The van der Waals surface area contributed by atoms with E-state index in [-0.39, 0.29) is 11.2 Å². The summed E-state index contributed by atoms with van der Waals surface area (Å²) in [6.45, 7) is 4.29. The number of para-hydroxylation sites is 1. The number of anilines is 1. The molecule has 1 aliphatic heterocycles. The average Bonchev–Trinajstić information content (AvgIpc) is 2.87. The summed E-state index contributed by atoms with van der Waals surface area (Å²) in [5, 5.41) is 0. The molecule has 1 aliphatic rings. The molecule has 4 nitrogen and oxygen atoms in total. The van der Waals surface area contributed by atoms with Gasteiger partial charge in [-0.25, -0.2) is 0 Å². The summed E-state index contributed by atoms with van der Waals surface area (Å²) in [5.41, 5.74) is 4.03. The van der Waals surface area contributed by atoms with E-state index in [1.165, 1.54) is 5.56 Å². The highest BCUT2D eigenvalue weighted by Crippen LogP contribution is 2.46. The third kappa shape index (κ3) is 3.47. The number of hydrogen-bond acceptors (Lipinski definition) is 4. The Kier molecular flexibility index (Phi) is 5.08. The van der Waals surface area contributed by atoms with E-state index in [0.29, 0.717) is 11.5 Å². The molecule has 3 rings (SSSR count). The highest BCUT2D eigenvalue weighted by molar-refractivity contribution is 6.03. The van der Waals surface area contributed by atoms with Gasteiger partial charge in [-0.1, -0.05) is 44.2 Å². The molecule has 0 spiro atoms. The predicted octanol–water partition coefficient (Wildman–Crippen LogP) is 4.60. The van der Waals surface area contributed by atoms with Gasteiger partial charge in [-0.3, -0.25) is 4.79 Å². The quantitative estimate of drug-likeness (QED) is 0.728. The number of hydrogen-bond donors (Lipinski definition) is 0. The van der Waals surface area contributed by atoms with E-state index in [0.717, 1.165) is 16.9 Å². The van der Waals surface area contributed by atoms with Gasteiger partial charge in [0.25, 0.3) is 0 Å². The monoisotopic (exact) mass is 363 g/mol. The maximum Gasteiger partial charge on any atom is 0.180 e. The molecule has 0 fully saturated rings. The lowest BCUT2D eigenvalue weighted by atomic mass is 9.83. The van der Waals surface area contributed by atoms with Crippen molar-refractivity contribution in [2.75, 3.05) is 26.2 Å². The van der Waals surface area contributed by atoms with Crippen LogP contribution in [0.1, 0.15) is 25.0 Å². The normalized spacial score (nSPS) is 16.6. The highest BCUT2D eigenvalue weighted by atomic mass is 16.5. The number of fused-ring (bicyclic) bond motifs is 1. The summed E-state index contributed by atoms with van der Waals surface area (Å²) >= 11 is 0. The van der Waals surface area contributed by atoms with E-state index in [1.54, 1.807) is 32.4 Å². The van der Waals surface area contributed by atoms with Gasteiger partial charge in [0.15, 0.2) is 17.3 Å². The zero-order valence-corrected chi connectivity index (χ0v) is 16.4. The van der Waals surface area contributed by atoms with Crippen molar-refractivity contribution in [3.05, 3.63) is 71.4 Å². The molecule has 0 atom stereocenters. The molecule has 27 heavy (non-hydrogen) atoms. The van der Waals surface area contributed by atoms with Crippen LogP contribution in [0.2, 0.25) is 0 Å². The van der Waals surface area contributed by atoms with Crippen LogP contribution in [0, 0.1) is 0 Å². The Hall–Kier alpha value is -3.01. The smallest absolute Gasteiger partial charge is 0.180 e. The molecule has 1 heterocycles. The van der Waals surface area contributed by atoms with Gasteiger partial charge in [0, 0.05) is 29.9 Å². The van der Waals surface area contributed by atoms with Crippen LogP contribution >= 0.6 is 0 Å². The Balaban J connectivity index is 1.84. The maximum absolute atomic E-state index is 12.6. The number of nitrogens with zero attached hydrogens (tertiary/aromatic N) is 1. The van der Waals surface area contributed by atoms with Crippen LogP contribution in [-0.2, 0) is 10.2 Å². The molecule has 0 aliphatic carbocycles. The minimum Gasteiger partial charge on any atom is -0.493 e. The van der Waals surface area contributed by atoms with Crippen molar-refractivity contribution in [3.63, 3.8) is 0 Å². The van der Waals surface area contributed by atoms with Crippen molar-refractivity contribution < 1.29 is 14.3 Å². The molecule has 0 saturated carbocycles. The summed E-state index contributed by atoms with van der Waals surface area (Å²) in [4.78, 5) is 14.7. The molecular weight excluding hydrogens is 338 g/mol. The number of allylic oxidation sites excluding steroid dienone is 3. The molecule has 2 aromatic rings. The van der Waals surface area contributed by atoms with E-state index in [4.69, 9.17) is 9.47 Å². The second-order valence-electron chi connectivity index (χ2n) is 7.08. The lowest BCUT2D eigenvalue weighted by molar-refractivity contribution is -0.110. The number of likely N-dealkylation sites (N-methyl/N-ethyl adjacent to an activating group) is 1. The third-order valence-electron chi connectivity index (χ3n) is 5.07. The van der Waals surface area contributed by atoms with E-state index in [2.05, 4.69) is 30.9 Å². The molecule has 0 N–H and O–H groups in total. The lowest BCUT2D eigenvalue weighted by Gasteiger charge is -2.23. The van der Waals surface area contributed by atoms with E-state index in [1.807, 2.05) is 37.4 Å². The third-order valence-corrected chi connectivity index (χ3v) is 5.07. The molecule has 0 aromatic heterocycles. The standard InChI is InChI=1S/C23H25NO3/c1-23(2)18-8-6-7-9-19(18)24(3)22(23)15-17(25)12-10-16-11-13-20(26-4)21(14-16)27-5/h6-15H,1-5H3/b12-10+,22-15-. The number of ketones is 1. The Labute approximate surface area is 160 Å². The fourth-order valence-corrected chi connectivity index (χ4v) is 3.58. The van der Waals surface area contributed by atoms with Crippen LogP contribution < -0.4 is 14.4 Å². The highest BCUT2D eigenvalue weighted by Gasteiger charge is 2.38. The largest absolute Gasteiger partial charge is 0.493 e. The first kappa shape index (κ1) is 18.8. The average molecular weight is 363 g/mol. The Bertz CT molecular complexity index is 925. The van der Waals surface area contributed by atoms with Gasteiger partial charge in [-0.2, -0.15) is 0 Å². The number of carbonyl (C=O) groups excluding carboxylic acids is 1. The van der Waals surface area contributed by atoms with Crippen LogP contribution in [0.4, 0.5) is 5.69 Å². The minimum absolute atomic E-state index is 0.0486. The van der Waals surface area contributed by atoms with Gasteiger partial charge in [-0.15, -0.1) is 0 Å². The predicted molar refractivity (Wildman–Crippen MR) is 110 cm³/mol. The van der Waals surface area contributed by atoms with Gasteiger partial charge < -0.3 is 14.4 Å². The van der Waals surface area contributed by atoms with E-state index >= 15 is 0 Å². The summed E-state index contributed by atoms with van der Waals surface area (Å²) in [7, 11) is 5.20. The van der Waals surface area contributed by atoms with Crippen LogP contribution in [0.3, 0.4) is 0 Å². The number of carbonyl (C=O) groups is 1. The second-order valence-corrected chi connectivity index (χ2v) is 7.08. The molecule has 0 radical (unpaired) electrons. The lowest BCUT2D eigenvalue weighted by Crippen LogP contribution is -2.23. The zero-order chi connectivity index (χ0) is 19.6. The fraction of sp³-hybridized carbons (Fsp3) is 0.261. The number of methoxy groups -OCH3 is 2. The molecule has 0 unspecified atom stereocenters. The Morgan fingerprint density at radius 3 is 2.41 bits per heavy atom. The second kappa shape index (κ2) is 7.31. The molecule has 0 amide bonds. The molecule has 4 heteroatoms.